The second-order valence-electron chi connectivity index (χ2n) is 1.29. The molecule has 7 heavy (non-hydrogen) atoms. The molecule has 0 saturated heterocycles. The lowest BCUT2D eigenvalue weighted by Crippen LogP contribution is -2.23. The molecule has 2 N–H and O–H groups in total. The summed E-state index contributed by atoms with van der Waals surface area (Å²) in [5, 5.41) is 11.2. The maximum Gasteiger partial charge on any atom is 0.0602 e. The van der Waals surface area contributed by atoms with Gasteiger partial charge in [0.15, 0.2) is 0 Å². The summed E-state index contributed by atoms with van der Waals surface area (Å²) in [6.07, 6.45) is 0. The Balaban J connectivity index is 2.68. The van der Waals surface area contributed by atoms with Gasteiger partial charge in [-0.25, -0.2) is 0 Å². The quantitative estimate of drug-likeness (QED) is 0.469. The zero-order valence-electron chi connectivity index (χ0n) is 4.32. The number of alkyl halides is 1. The van der Waals surface area contributed by atoms with E-state index >= 15 is 0 Å². The maximum absolute atomic E-state index is 8.23. The Kier molecular flexibility index (Phi) is 4.82. The van der Waals surface area contributed by atoms with Crippen molar-refractivity contribution in [2.45, 2.75) is 11.9 Å². The summed E-state index contributed by atoms with van der Waals surface area (Å²) in [5.41, 5.74) is 0. The number of aliphatic hydroxyl groups excluding tert-OH is 1. The van der Waals surface area contributed by atoms with Crippen molar-refractivity contribution in [3.05, 3.63) is 0 Å². The fourth-order valence-electron chi connectivity index (χ4n) is 0.263. The van der Waals surface area contributed by atoms with E-state index in [0.717, 1.165) is 0 Å². The highest BCUT2D eigenvalue weighted by molar-refractivity contribution is 9.09. The molecule has 0 aromatic rings. The molecule has 0 amide bonds. The molecule has 0 heterocycles. The van der Waals surface area contributed by atoms with Gasteiger partial charge in [0, 0.05) is 6.54 Å². The Labute approximate surface area is 52.0 Å². The van der Waals surface area contributed by atoms with Crippen LogP contribution in [0.1, 0.15) is 6.92 Å². The van der Waals surface area contributed by atoms with Crippen LogP contribution in [0.4, 0.5) is 0 Å². The van der Waals surface area contributed by atoms with E-state index in [9.17, 15) is 0 Å². The molecular weight excluding hydrogens is 158 g/mol. The minimum absolute atomic E-state index is 0.204. The van der Waals surface area contributed by atoms with Gasteiger partial charge in [-0.2, -0.15) is 0 Å². The molecule has 0 spiro atoms. The topological polar surface area (TPSA) is 32.3 Å². The van der Waals surface area contributed by atoms with Gasteiger partial charge in [0.2, 0.25) is 0 Å². The number of nitrogens with one attached hydrogen (secondary N) is 1. The van der Waals surface area contributed by atoms with Crippen molar-refractivity contribution < 1.29 is 5.11 Å². The minimum Gasteiger partial charge on any atom is -0.395 e. The van der Waals surface area contributed by atoms with E-state index in [0.29, 0.717) is 11.5 Å². The number of hydrogen-bond donors (Lipinski definition) is 2. The van der Waals surface area contributed by atoms with E-state index in [1.165, 1.54) is 0 Å². The first-order chi connectivity index (χ1) is 3.27. The summed E-state index contributed by atoms with van der Waals surface area (Å²) in [4.78, 5) is 0.305. The molecule has 1 unspecified atom stereocenters. The zero-order valence-corrected chi connectivity index (χ0v) is 5.90. The molecule has 2 nitrogen and oxygen atoms in total. The van der Waals surface area contributed by atoms with Crippen molar-refractivity contribution in [3.63, 3.8) is 0 Å². The average Bonchev–Trinajstić information content (AvgIpc) is 1.61. The second kappa shape index (κ2) is 4.56. The van der Waals surface area contributed by atoms with Crippen LogP contribution in [0.5, 0.6) is 0 Å². The number of hydrogen-bond acceptors (Lipinski definition) is 2. The molecule has 0 aliphatic heterocycles. The van der Waals surface area contributed by atoms with Crippen LogP contribution in [0, 0.1) is 0 Å². The fourth-order valence-corrected chi connectivity index (χ4v) is 0.492. The molecule has 0 saturated carbocycles. The molecular formula is C4H10BrNO. The molecule has 0 fully saturated rings. The van der Waals surface area contributed by atoms with Crippen molar-refractivity contribution in [1.29, 1.82) is 0 Å². The minimum atomic E-state index is 0.204. The van der Waals surface area contributed by atoms with Crippen molar-refractivity contribution in [1.82, 2.24) is 5.32 Å². The van der Waals surface area contributed by atoms with Crippen LogP contribution in [0.25, 0.3) is 0 Å². The van der Waals surface area contributed by atoms with E-state index < -0.39 is 0 Å². The molecule has 0 rings (SSSR count). The van der Waals surface area contributed by atoms with Crippen molar-refractivity contribution >= 4 is 15.9 Å². The third-order valence-corrected chi connectivity index (χ3v) is 0.861. The SMILES string of the molecule is CC(Br)NCCO. The van der Waals surface area contributed by atoms with Gasteiger partial charge in [-0.15, -0.1) is 0 Å². The first kappa shape index (κ1) is 7.40. The lowest BCUT2D eigenvalue weighted by molar-refractivity contribution is 0.292. The fraction of sp³-hybridized carbons (Fsp3) is 1.00. The molecule has 44 valence electrons. The lowest BCUT2D eigenvalue weighted by Gasteiger charge is -2.01. The maximum atomic E-state index is 8.23. The van der Waals surface area contributed by atoms with Gasteiger partial charge < -0.3 is 10.4 Å². The molecule has 0 aromatic carbocycles. The standard InChI is InChI=1S/C4H10BrNO/c1-4(5)6-2-3-7/h4,6-7H,2-3H2,1H3. The summed E-state index contributed by atoms with van der Waals surface area (Å²) >= 11 is 3.25. The smallest absolute Gasteiger partial charge is 0.0602 e. The number of aliphatic hydroxyl groups is 1. The molecule has 0 aromatic heterocycles. The van der Waals surface area contributed by atoms with Crippen LogP contribution in [0.3, 0.4) is 0 Å². The van der Waals surface area contributed by atoms with Gasteiger partial charge in [0.1, 0.15) is 0 Å². The Hall–Kier alpha value is 0.400. The first-order valence-electron chi connectivity index (χ1n) is 2.25. The molecule has 3 heteroatoms. The molecule has 0 aliphatic carbocycles. The van der Waals surface area contributed by atoms with Crippen LogP contribution in [-0.2, 0) is 0 Å². The highest BCUT2D eigenvalue weighted by atomic mass is 79.9. The van der Waals surface area contributed by atoms with Gasteiger partial charge in [0.05, 0.1) is 11.6 Å². The van der Waals surface area contributed by atoms with E-state index in [2.05, 4.69) is 21.2 Å². The van der Waals surface area contributed by atoms with Crippen LogP contribution in [0.15, 0.2) is 0 Å². The van der Waals surface area contributed by atoms with Crippen LogP contribution in [0.2, 0.25) is 0 Å². The average molecular weight is 168 g/mol. The Morgan fingerprint density at radius 2 is 2.43 bits per heavy atom. The lowest BCUT2D eigenvalue weighted by atomic mass is 10.6. The van der Waals surface area contributed by atoms with E-state index in [1.54, 1.807) is 0 Å². The second-order valence-corrected chi connectivity index (χ2v) is 2.67. The number of halogens is 1. The summed E-state index contributed by atoms with van der Waals surface area (Å²) in [7, 11) is 0. The summed E-state index contributed by atoms with van der Waals surface area (Å²) in [5.74, 6) is 0. The third kappa shape index (κ3) is 6.40. The van der Waals surface area contributed by atoms with Gasteiger partial charge in [-0.3, -0.25) is 0 Å². The molecule has 0 aliphatic rings. The summed E-state index contributed by atoms with van der Waals surface area (Å²) in [6.45, 7) is 2.83. The Morgan fingerprint density at radius 1 is 1.86 bits per heavy atom. The summed E-state index contributed by atoms with van der Waals surface area (Å²) in [6, 6.07) is 0. The van der Waals surface area contributed by atoms with E-state index in [-0.39, 0.29) is 6.61 Å². The normalized spacial score (nSPS) is 14.1. The van der Waals surface area contributed by atoms with Gasteiger partial charge >= 0.3 is 0 Å². The van der Waals surface area contributed by atoms with Gasteiger partial charge in [-0.05, 0) is 6.92 Å². The van der Waals surface area contributed by atoms with E-state index in [4.69, 9.17) is 5.11 Å². The van der Waals surface area contributed by atoms with Crippen LogP contribution >= 0.6 is 15.9 Å². The molecule has 1 atom stereocenters. The predicted molar refractivity (Wildman–Crippen MR) is 33.5 cm³/mol. The Bertz CT molecular complexity index is 40.7. The monoisotopic (exact) mass is 167 g/mol. The van der Waals surface area contributed by atoms with E-state index in [1.807, 2.05) is 6.92 Å². The largest absolute Gasteiger partial charge is 0.395 e. The highest BCUT2D eigenvalue weighted by Gasteiger charge is 1.88. The van der Waals surface area contributed by atoms with Crippen molar-refractivity contribution in [2.75, 3.05) is 13.2 Å². The van der Waals surface area contributed by atoms with Gasteiger partial charge in [-0.1, -0.05) is 15.9 Å². The Morgan fingerprint density at radius 3 is 2.57 bits per heavy atom. The van der Waals surface area contributed by atoms with Crippen LogP contribution in [-0.4, -0.2) is 23.2 Å². The number of rotatable bonds is 3. The van der Waals surface area contributed by atoms with Gasteiger partial charge in [0.25, 0.3) is 0 Å². The molecule has 0 bridgehead atoms. The highest BCUT2D eigenvalue weighted by Crippen LogP contribution is 1.88. The van der Waals surface area contributed by atoms with Crippen LogP contribution < -0.4 is 5.32 Å². The first-order valence-corrected chi connectivity index (χ1v) is 3.17. The molecule has 0 radical (unpaired) electrons. The zero-order chi connectivity index (χ0) is 5.70. The van der Waals surface area contributed by atoms with Crippen molar-refractivity contribution in [3.8, 4) is 0 Å². The third-order valence-electron chi connectivity index (χ3n) is 0.537. The predicted octanol–water partition coefficient (Wildman–Crippen LogP) is 0.309. The summed E-state index contributed by atoms with van der Waals surface area (Å²) < 4.78 is 0. The van der Waals surface area contributed by atoms with Crippen molar-refractivity contribution in [2.24, 2.45) is 0 Å².